The first-order valence-corrected chi connectivity index (χ1v) is 5.20. The predicted octanol–water partition coefficient (Wildman–Crippen LogP) is 1.59. The number of rotatable bonds is 5. The maximum absolute atomic E-state index is 5.48. The Hall–Kier alpha value is -0.800. The van der Waals surface area contributed by atoms with Crippen molar-refractivity contribution in [3.63, 3.8) is 0 Å². The first-order valence-electron chi connectivity index (χ1n) is 5.20. The maximum Gasteiger partial charge on any atom is 0.118 e. The monoisotopic (exact) mass is 194 g/mol. The largest absolute Gasteiger partial charge is 0.468 e. The Balaban J connectivity index is 1.88. The SMILES string of the molecule is CNCc1coc(CN(C)C2CC2)c1. The van der Waals surface area contributed by atoms with E-state index in [-0.39, 0.29) is 0 Å². The Morgan fingerprint density at radius 1 is 1.57 bits per heavy atom. The van der Waals surface area contributed by atoms with Crippen molar-refractivity contribution >= 4 is 0 Å². The van der Waals surface area contributed by atoms with Crippen LogP contribution in [0.2, 0.25) is 0 Å². The summed E-state index contributed by atoms with van der Waals surface area (Å²) in [7, 11) is 4.11. The van der Waals surface area contributed by atoms with E-state index in [1.807, 2.05) is 13.3 Å². The molecule has 1 heterocycles. The molecule has 1 fully saturated rings. The van der Waals surface area contributed by atoms with E-state index in [9.17, 15) is 0 Å². The number of nitrogens with zero attached hydrogens (tertiary/aromatic N) is 1. The second kappa shape index (κ2) is 4.15. The van der Waals surface area contributed by atoms with Gasteiger partial charge in [0.05, 0.1) is 12.8 Å². The van der Waals surface area contributed by atoms with Gasteiger partial charge in [0.15, 0.2) is 0 Å². The van der Waals surface area contributed by atoms with E-state index in [4.69, 9.17) is 4.42 Å². The fourth-order valence-corrected chi connectivity index (χ4v) is 1.70. The third-order valence-corrected chi connectivity index (χ3v) is 2.66. The highest BCUT2D eigenvalue weighted by Gasteiger charge is 2.26. The standard InChI is InChI=1S/C11H18N2O/c1-12-6-9-5-11(14-8-9)7-13(2)10-3-4-10/h5,8,10,12H,3-4,6-7H2,1-2H3. The van der Waals surface area contributed by atoms with Crippen LogP contribution in [0.4, 0.5) is 0 Å². The summed E-state index contributed by atoms with van der Waals surface area (Å²) in [6, 6.07) is 2.93. The van der Waals surface area contributed by atoms with Crippen molar-refractivity contribution < 1.29 is 4.42 Å². The fraction of sp³-hybridized carbons (Fsp3) is 0.636. The van der Waals surface area contributed by atoms with Gasteiger partial charge in [0.2, 0.25) is 0 Å². The van der Waals surface area contributed by atoms with Crippen LogP contribution in [0.5, 0.6) is 0 Å². The summed E-state index contributed by atoms with van der Waals surface area (Å²) in [5, 5.41) is 3.11. The lowest BCUT2D eigenvalue weighted by atomic mass is 10.3. The minimum absolute atomic E-state index is 0.799. The van der Waals surface area contributed by atoms with E-state index in [2.05, 4.69) is 23.3 Å². The van der Waals surface area contributed by atoms with E-state index < -0.39 is 0 Å². The van der Waals surface area contributed by atoms with Crippen molar-refractivity contribution in [2.24, 2.45) is 0 Å². The molecule has 78 valence electrons. The summed E-state index contributed by atoms with van der Waals surface area (Å²) in [5.41, 5.74) is 1.23. The second-order valence-electron chi connectivity index (χ2n) is 4.10. The number of hydrogen-bond acceptors (Lipinski definition) is 3. The average Bonchev–Trinajstić information content (AvgIpc) is 2.92. The molecule has 0 atom stereocenters. The molecule has 2 rings (SSSR count). The minimum atomic E-state index is 0.799. The molecule has 1 aromatic rings. The molecule has 0 amide bonds. The molecule has 0 unspecified atom stereocenters. The van der Waals surface area contributed by atoms with E-state index in [0.29, 0.717) is 0 Å². The molecule has 3 nitrogen and oxygen atoms in total. The highest BCUT2D eigenvalue weighted by atomic mass is 16.3. The Bertz CT molecular complexity index is 291. The summed E-state index contributed by atoms with van der Waals surface area (Å²) in [4.78, 5) is 2.36. The van der Waals surface area contributed by atoms with Crippen molar-refractivity contribution in [1.82, 2.24) is 10.2 Å². The third-order valence-electron chi connectivity index (χ3n) is 2.66. The molecule has 14 heavy (non-hydrogen) atoms. The predicted molar refractivity (Wildman–Crippen MR) is 56.0 cm³/mol. The van der Waals surface area contributed by atoms with Crippen LogP contribution in [0.15, 0.2) is 16.7 Å². The van der Waals surface area contributed by atoms with Crippen LogP contribution in [0, 0.1) is 0 Å². The molecule has 1 N–H and O–H groups in total. The van der Waals surface area contributed by atoms with Crippen molar-refractivity contribution in [3.05, 3.63) is 23.7 Å². The van der Waals surface area contributed by atoms with Crippen molar-refractivity contribution in [2.75, 3.05) is 14.1 Å². The second-order valence-corrected chi connectivity index (χ2v) is 4.10. The van der Waals surface area contributed by atoms with Crippen LogP contribution < -0.4 is 5.32 Å². The smallest absolute Gasteiger partial charge is 0.118 e. The Labute approximate surface area is 85.1 Å². The number of furan rings is 1. The van der Waals surface area contributed by atoms with E-state index >= 15 is 0 Å². The van der Waals surface area contributed by atoms with Gasteiger partial charge in [0.25, 0.3) is 0 Å². The van der Waals surface area contributed by atoms with Gasteiger partial charge < -0.3 is 9.73 Å². The minimum Gasteiger partial charge on any atom is -0.468 e. The Morgan fingerprint density at radius 3 is 3.00 bits per heavy atom. The average molecular weight is 194 g/mol. The Morgan fingerprint density at radius 2 is 2.36 bits per heavy atom. The van der Waals surface area contributed by atoms with Crippen molar-refractivity contribution in [2.45, 2.75) is 32.0 Å². The van der Waals surface area contributed by atoms with Gasteiger partial charge in [-0.1, -0.05) is 0 Å². The summed E-state index contributed by atoms with van der Waals surface area (Å²) < 4.78 is 5.48. The van der Waals surface area contributed by atoms with Gasteiger partial charge in [0.1, 0.15) is 5.76 Å². The first-order chi connectivity index (χ1) is 6.79. The van der Waals surface area contributed by atoms with Gasteiger partial charge >= 0.3 is 0 Å². The molecule has 1 aliphatic carbocycles. The Kier molecular flexibility index (Phi) is 2.89. The number of nitrogens with one attached hydrogen (secondary N) is 1. The molecule has 1 aliphatic rings. The molecule has 0 aromatic carbocycles. The normalized spacial score (nSPS) is 16.5. The molecule has 3 heteroatoms. The third kappa shape index (κ3) is 2.36. The van der Waals surface area contributed by atoms with Crippen molar-refractivity contribution in [1.29, 1.82) is 0 Å². The highest BCUT2D eigenvalue weighted by Crippen LogP contribution is 2.26. The van der Waals surface area contributed by atoms with E-state index in [1.54, 1.807) is 0 Å². The van der Waals surface area contributed by atoms with Gasteiger partial charge in [0, 0.05) is 18.2 Å². The molecule has 1 saturated carbocycles. The van der Waals surface area contributed by atoms with Crippen LogP contribution in [0.1, 0.15) is 24.2 Å². The lowest BCUT2D eigenvalue weighted by Gasteiger charge is -2.12. The summed E-state index contributed by atoms with van der Waals surface area (Å²) in [6.07, 6.45) is 4.54. The molecule has 1 aromatic heterocycles. The van der Waals surface area contributed by atoms with Gasteiger partial charge in [-0.05, 0) is 33.0 Å². The quantitative estimate of drug-likeness (QED) is 0.771. The van der Waals surface area contributed by atoms with Crippen molar-refractivity contribution in [3.8, 4) is 0 Å². The maximum atomic E-state index is 5.48. The molecule has 0 saturated heterocycles. The first kappa shape index (κ1) is 9.74. The lowest BCUT2D eigenvalue weighted by Crippen LogP contribution is -2.19. The molecule has 0 aliphatic heterocycles. The van der Waals surface area contributed by atoms with Crippen LogP contribution in [0.3, 0.4) is 0 Å². The lowest BCUT2D eigenvalue weighted by molar-refractivity contribution is 0.286. The molecular weight excluding hydrogens is 176 g/mol. The summed E-state index contributed by atoms with van der Waals surface area (Å²) in [5.74, 6) is 1.07. The number of hydrogen-bond donors (Lipinski definition) is 1. The van der Waals surface area contributed by atoms with Gasteiger partial charge in [-0.15, -0.1) is 0 Å². The molecule has 0 radical (unpaired) electrons. The summed E-state index contributed by atoms with van der Waals surface area (Å²) in [6.45, 7) is 1.82. The van der Waals surface area contributed by atoms with Gasteiger partial charge in [-0.3, -0.25) is 4.90 Å². The van der Waals surface area contributed by atoms with Crippen LogP contribution in [-0.2, 0) is 13.1 Å². The van der Waals surface area contributed by atoms with Crippen LogP contribution >= 0.6 is 0 Å². The van der Waals surface area contributed by atoms with Gasteiger partial charge in [-0.2, -0.15) is 0 Å². The van der Waals surface area contributed by atoms with Crippen LogP contribution in [-0.4, -0.2) is 25.0 Å². The van der Waals surface area contributed by atoms with E-state index in [1.165, 1.54) is 18.4 Å². The topological polar surface area (TPSA) is 28.4 Å². The fourth-order valence-electron chi connectivity index (χ4n) is 1.70. The molecular formula is C11H18N2O. The van der Waals surface area contributed by atoms with Crippen LogP contribution in [0.25, 0.3) is 0 Å². The zero-order valence-corrected chi connectivity index (χ0v) is 8.92. The van der Waals surface area contributed by atoms with Gasteiger partial charge in [-0.25, -0.2) is 0 Å². The molecule has 0 bridgehead atoms. The molecule has 0 spiro atoms. The summed E-state index contributed by atoms with van der Waals surface area (Å²) >= 11 is 0. The zero-order chi connectivity index (χ0) is 9.97. The zero-order valence-electron chi connectivity index (χ0n) is 8.92. The highest BCUT2D eigenvalue weighted by molar-refractivity contribution is 5.12. The van der Waals surface area contributed by atoms with E-state index in [0.717, 1.165) is 24.9 Å².